The van der Waals surface area contributed by atoms with Gasteiger partial charge in [-0.05, 0) is 59.4 Å². The van der Waals surface area contributed by atoms with Gasteiger partial charge in [0.2, 0.25) is 0 Å². The Morgan fingerprint density at radius 1 is 1.44 bits per heavy atom. The van der Waals surface area contributed by atoms with E-state index in [-0.39, 0.29) is 0 Å². The van der Waals surface area contributed by atoms with Crippen LogP contribution in [-0.4, -0.2) is 31.6 Å². The Morgan fingerprint density at radius 2 is 2.17 bits per heavy atom. The number of hydrogen-bond donors (Lipinski definition) is 1. The van der Waals surface area contributed by atoms with Gasteiger partial charge in [0.1, 0.15) is 5.75 Å². The summed E-state index contributed by atoms with van der Waals surface area (Å²) in [5.74, 6) is 1.66. The maximum Gasteiger partial charge on any atom is 0.133 e. The van der Waals surface area contributed by atoms with Gasteiger partial charge in [-0.1, -0.05) is 6.07 Å². The molecule has 1 aromatic rings. The van der Waals surface area contributed by atoms with Gasteiger partial charge in [-0.2, -0.15) is 0 Å². The van der Waals surface area contributed by atoms with Crippen molar-refractivity contribution in [1.29, 1.82) is 0 Å². The van der Waals surface area contributed by atoms with Crippen LogP contribution in [0.5, 0.6) is 5.75 Å². The number of nitrogens with two attached hydrogens (primary N) is 1. The molecule has 0 aromatic heterocycles. The van der Waals surface area contributed by atoms with Crippen LogP contribution in [0, 0.1) is 5.92 Å². The van der Waals surface area contributed by atoms with E-state index in [0.29, 0.717) is 6.04 Å². The summed E-state index contributed by atoms with van der Waals surface area (Å²) in [6.45, 7) is 2.10. The fraction of sp³-hybridized carbons (Fsp3) is 0.571. The van der Waals surface area contributed by atoms with Gasteiger partial charge in [0, 0.05) is 19.1 Å². The van der Waals surface area contributed by atoms with Crippen LogP contribution >= 0.6 is 15.9 Å². The summed E-state index contributed by atoms with van der Waals surface area (Å²) in [7, 11) is 3.85. The number of rotatable bonds is 5. The molecule has 0 amide bonds. The lowest BCUT2D eigenvalue weighted by Gasteiger charge is -2.35. The molecule has 0 aliphatic heterocycles. The smallest absolute Gasteiger partial charge is 0.133 e. The molecule has 2 N–H and O–H groups in total. The first-order valence-electron chi connectivity index (χ1n) is 6.35. The summed E-state index contributed by atoms with van der Waals surface area (Å²) in [4.78, 5) is 2.37. The first kappa shape index (κ1) is 13.8. The molecule has 1 saturated carbocycles. The van der Waals surface area contributed by atoms with Crippen molar-refractivity contribution in [2.75, 3.05) is 20.7 Å². The highest BCUT2D eigenvalue weighted by Gasteiger charge is 2.26. The van der Waals surface area contributed by atoms with E-state index in [1.165, 1.54) is 18.4 Å². The molecular formula is C14H21BrN2O. The molecule has 0 radical (unpaired) electrons. The number of ether oxygens (including phenoxy) is 1. The molecule has 0 heterocycles. The van der Waals surface area contributed by atoms with Crippen molar-refractivity contribution in [3.05, 3.63) is 28.2 Å². The van der Waals surface area contributed by atoms with E-state index in [2.05, 4.69) is 40.0 Å². The van der Waals surface area contributed by atoms with E-state index in [4.69, 9.17) is 10.5 Å². The zero-order chi connectivity index (χ0) is 13.1. The van der Waals surface area contributed by atoms with Crippen LogP contribution in [0.1, 0.15) is 18.4 Å². The molecule has 0 spiro atoms. The third-order valence-electron chi connectivity index (χ3n) is 3.51. The fourth-order valence-corrected chi connectivity index (χ4v) is 3.15. The van der Waals surface area contributed by atoms with Crippen LogP contribution in [-0.2, 0) is 6.54 Å². The van der Waals surface area contributed by atoms with E-state index < -0.39 is 0 Å². The van der Waals surface area contributed by atoms with Crippen molar-refractivity contribution in [2.45, 2.75) is 25.4 Å². The average Bonchev–Trinajstić information content (AvgIpc) is 2.27. The standard InChI is InChI=1S/C14H21BrN2O/c1-17(9-11-5-12(16)6-11)8-10-3-4-14(18-2)13(15)7-10/h3-4,7,11-12H,5-6,8-9,16H2,1-2H3. The molecule has 1 fully saturated rings. The van der Waals surface area contributed by atoms with Crippen LogP contribution < -0.4 is 10.5 Å². The Hall–Kier alpha value is -0.580. The molecule has 4 heteroatoms. The van der Waals surface area contributed by atoms with E-state index in [1.54, 1.807) is 7.11 Å². The molecule has 0 saturated heterocycles. The summed E-state index contributed by atoms with van der Waals surface area (Å²) < 4.78 is 6.25. The van der Waals surface area contributed by atoms with E-state index in [1.807, 2.05) is 6.07 Å². The van der Waals surface area contributed by atoms with E-state index in [9.17, 15) is 0 Å². The highest BCUT2D eigenvalue weighted by molar-refractivity contribution is 9.10. The third kappa shape index (κ3) is 3.46. The Kier molecular flexibility index (Phi) is 4.65. The van der Waals surface area contributed by atoms with Crippen molar-refractivity contribution in [2.24, 2.45) is 11.7 Å². The molecule has 0 bridgehead atoms. The first-order valence-corrected chi connectivity index (χ1v) is 7.14. The quantitative estimate of drug-likeness (QED) is 0.908. The predicted octanol–water partition coefficient (Wildman–Crippen LogP) is 2.63. The summed E-state index contributed by atoms with van der Waals surface area (Å²) in [5.41, 5.74) is 7.11. The Morgan fingerprint density at radius 3 is 2.72 bits per heavy atom. The minimum absolute atomic E-state index is 0.443. The number of nitrogens with zero attached hydrogens (tertiary/aromatic N) is 1. The summed E-state index contributed by atoms with van der Waals surface area (Å²) in [6.07, 6.45) is 2.35. The molecule has 1 aromatic carbocycles. The number of methoxy groups -OCH3 is 1. The second-order valence-corrected chi connectivity index (χ2v) is 6.12. The number of hydrogen-bond acceptors (Lipinski definition) is 3. The van der Waals surface area contributed by atoms with Crippen LogP contribution in [0.4, 0.5) is 0 Å². The van der Waals surface area contributed by atoms with Gasteiger partial charge < -0.3 is 15.4 Å². The molecule has 18 heavy (non-hydrogen) atoms. The zero-order valence-electron chi connectivity index (χ0n) is 11.0. The van der Waals surface area contributed by atoms with Crippen molar-refractivity contribution in [3.8, 4) is 5.75 Å². The van der Waals surface area contributed by atoms with Crippen molar-refractivity contribution >= 4 is 15.9 Å². The van der Waals surface area contributed by atoms with Gasteiger partial charge in [-0.25, -0.2) is 0 Å². The molecule has 1 aliphatic carbocycles. The summed E-state index contributed by atoms with van der Waals surface area (Å²) >= 11 is 3.52. The molecule has 100 valence electrons. The average molecular weight is 313 g/mol. The van der Waals surface area contributed by atoms with Crippen LogP contribution in [0.15, 0.2) is 22.7 Å². The maximum absolute atomic E-state index is 5.81. The molecule has 0 unspecified atom stereocenters. The van der Waals surface area contributed by atoms with E-state index in [0.717, 1.165) is 29.2 Å². The van der Waals surface area contributed by atoms with Gasteiger partial charge in [-0.3, -0.25) is 0 Å². The van der Waals surface area contributed by atoms with Crippen molar-refractivity contribution in [1.82, 2.24) is 4.90 Å². The van der Waals surface area contributed by atoms with Gasteiger partial charge >= 0.3 is 0 Å². The summed E-state index contributed by atoms with van der Waals surface area (Å²) in [5, 5.41) is 0. The number of halogens is 1. The van der Waals surface area contributed by atoms with Crippen LogP contribution in [0.25, 0.3) is 0 Å². The molecule has 2 rings (SSSR count). The van der Waals surface area contributed by atoms with Gasteiger partial charge in [-0.15, -0.1) is 0 Å². The highest BCUT2D eigenvalue weighted by Crippen LogP contribution is 2.28. The monoisotopic (exact) mass is 312 g/mol. The topological polar surface area (TPSA) is 38.5 Å². The van der Waals surface area contributed by atoms with Crippen molar-refractivity contribution in [3.63, 3.8) is 0 Å². The van der Waals surface area contributed by atoms with Crippen LogP contribution in [0.2, 0.25) is 0 Å². The lowest BCUT2D eigenvalue weighted by molar-refractivity contribution is 0.178. The lowest BCUT2D eigenvalue weighted by Crippen LogP contribution is -2.41. The fourth-order valence-electron chi connectivity index (χ4n) is 2.56. The third-order valence-corrected chi connectivity index (χ3v) is 4.13. The molecule has 1 aliphatic rings. The Bertz CT molecular complexity index is 405. The Labute approximate surface area is 117 Å². The lowest BCUT2D eigenvalue weighted by atomic mass is 9.80. The predicted molar refractivity (Wildman–Crippen MR) is 77.7 cm³/mol. The zero-order valence-corrected chi connectivity index (χ0v) is 12.6. The van der Waals surface area contributed by atoms with Crippen LogP contribution in [0.3, 0.4) is 0 Å². The largest absolute Gasteiger partial charge is 0.496 e. The minimum atomic E-state index is 0.443. The maximum atomic E-state index is 5.81. The van der Waals surface area contributed by atoms with Gasteiger partial charge in [0.25, 0.3) is 0 Å². The number of benzene rings is 1. The second kappa shape index (κ2) is 6.04. The molecule has 0 atom stereocenters. The Balaban J connectivity index is 1.86. The first-order chi connectivity index (χ1) is 8.58. The SMILES string of the molecule is COc1ccc(CN(C)CC2CC(N)C2)cc1Br. The minimum Gasteiger partial charge on any atom is -0.496 e. The van der Waals surface area contributed by atoms with Gasteiger partial charge in [0.05, 0.1) is 11.6 Å². The van der Waals surface area contributed by atoms with Gasteiger partial charge in [0.15, 0.2) is 0 Å². The van der Waals surface area contributed by atoms with Crippen molar-refractivity contribution < 1.29 is 4.74 Å². The van der Waals surface area contributed by atoms with E-state index >= 15 is 0 Å². The molecule has 3 nitrogen and oxygen atoms in total. The normalized spacial score (nSPS) is 22.9. The molecular weight excluding hydrogens is 292 g/mol. The summed E-state index contributed by atoms with van der Waals surface area (Å²) in [6, 6.07) is 6.69. The highest BCUT2D eigenvalue weighted by atomic mass is 79.9. The second-order valence-electron chi connectivity index (χ2n) is 5.26.